The Hall–Kier alpha value is -2.42. The van der Waals surface area contributed by atoms with Gasteiger partial charge in [0.15, 0.2) is 5.82 Å². The van der Waals surface area contributed by atoms with Crippen molar-refractivity contribution in [1.82, 2.24) is 14.8 Å². The maximum atomic E-state index is 4.78. The quantitative estimate of drug-likeness (QED) is 0.708. The predicted molar refractivity (Wildman–Crippen MR) is 90.3 cm³/mol. The first kappa shape index (κ1) is 14.5. The summed E-state index contributed by atoms with van der Waals surface area (Å²) in [5.41, 5.74) is 4.63. The molecule has 0 saturated carbocycles. The second-order valence-electron chi connectivity index (χ2n) is 5.67. The third kappa shape index (κ3) is 2.80. The standard InChI is InChI=1S/C19H21N3/c1-4-8-18-20-19(16-9-6-5-7-10-16)21-22(18)17-13-14(2)11-12-15(17)3/h5-7,9-13H,4,8H2,1-3H3. The summed E-state index contributed by atoms with van der Waals surface area (Å²) in [7, 11) is 0. The van der Waals surface area contributed by atoms with Crippen molar-refractivity contribution in [1.29, 1.82) is 0 Å². The van der Waals surface area contributed by atoms with Crippen molar-refractivity contribution in [3.8, 4) is 17.1 Å². The van der Waals surface area contributed by atoms with Crippen molar-refractivity contribution >= 4 is 0 Å². The van der Waals surface area contributed by atoms with Crippen LogP contribution in [0.15, 0.2) is 48.5 Å². The molecule has 1 aromatic heterocycles. The normalized spacial score (nSPS) is 10.9. The highest BCUT2D eigenvalue weighted by Crippen LogP contribution is 2.21. The minimum atomic E-state index is 0.796. The lowest BCUT2D eigenvalue weighted by Gasteiger charge is -2.09. The molecule has 1 heterocycles. The molecule has 22 heavy (non-hydrogen) atoms. The molecule has 112 valence electrons. The summed E-state index contributed by atoms with van der Waals surface area (Å²) in [6, 6.07) is 16.6. The summed E-state index contributed by atoms with van der Waals surface area (Å²) in [5.74, 6) is 1.82. The highest BCUT2D eigenvalue weighted by atomic mass is 15.4. The van der Waals surface area contributed by atoms with Gasteiger partial charge in [-0.25, -0.2) is 9.67 Å². The average Bonchev–Trinajstić information content (AvgIpc) is 2.95. The molecule has 0 N–H and O–H groups in total. The first-order valence-electron chi connectivity index (χ1n) is 7.78. The molecule has 3 heteroatoms. The van der Waals surface area contributed by atoms with Crippen LogP contribution in [0, 0.1) is 13.8 Å². The highest BCUT2D eigenvalue weighted by Gasteiger charge is 2.14. The summed E-state index contributed by atoms with van der Waals surface area (Å²) in [6.07, 6.45) is 1.98. The fourth-order valence-electron chi connectivity index (χ4n) is 2.58. The number of hydrogen-bond donors (Lipinski definition) is 0. The molecule has 0 spiro atoms. The molecule has 0 aliphatic rings. The van der Waals surface area contributed by atoms with Crippen LogP contribution in [0.4, 0.5) is 0 Å². The van der Waals surface area contributed by atoms with Gasteiger partial charge in [0.25, 0.3) is 0 Å². The molecule has 0 bridgehead atoms. The molecule has 0 saturated heterocycles. The van der Waals surface area contributed by atoms with Crippen molar-refractivity contribution in [2.75, 3.05) is 0 Å². The van der Waals surface area contributed by atoms with Crippen LogP contribution >= 0.6 is 0 Å². The molecule has 3 aromatic rings. The lowest BCUT2D eigenvalue weighted by Crippen LogP contribution is -2.05. The number of hydrogen-bond acceptors (Lipinski definition) is 2. The lowest BCUT2D eigenvalue weighted by molar-refractivity contribution is 0.755. The molecule has 0 aliphatic heterocycles. The molecule has 0 atom stereocenters. The number of nitrogens with zero attached hydrogens (tertiary/aromatic N) is 3. The van der Waals surface area contributed by atoms with E-state index in [0.717, 1.165) is 35.7 Å². The summed E-state index contributed by atoms with van der Waals surface area (Å²) in [5, 5.41) is 4.78. The predicted octanol–water partition coefficient (Wildman–Crippen LogP) is 4.50. The van der Waals surface area contributed by atoms with Gasteiger partial charge in [-0.2, -0.15) is 0 Å². The molecule has 2 aromatic carbocycles. The molecule has 0 fully saturated rings. The van der Waals surface area contributed by atoms with Crippen molar-refractivity contribution in [3.63, 3.8) is 0 Å². The van der Waals surface area contributed by atoms with E-state index >= 15 is 0 Å². The Labute approximate surface area is 131 Å². The molecule has 0 amide bonds. The lowest BCUT2D eigenvalue weighted by atomic mass is 10.1. The minimum absolute atomic E-state index is 0.796. The zero-order valence-corrected chi connectivity index (χ0v) is 13.4. The Morgan fingerprint density at radius 1 is 1.00 bits per heavy atom. The topological polar surface area (TPSA) is 30.7 Å². The summed E-state index contributed by atoms with van der Waals surface area (Å²) in [6.45, 7) is 6.40. The van der Waals surface area contributed by atoms with Crippen LogP contribution in [0.1, 0.15) is 30.3 Å². The number of benzene rings is 2. The Kier molecular flexibility index (Phi) is 4.05. The van der Waals surface area contributed by atoms with Gasteiger partial charge < -0.3 is 0 Å². The third-order valence-electron chi connectivity index (χ3n) is 3.77. The van der Waals surface area contributed by atoms with E-state index in [9.17, 15) is 0 Å². The molecule has 3 nitrogen and oxygen atoms in total. The maximum absolute atomic E-state index is 4.78. The van der Waals surface area contributed by atoms with Crippen LogP contribution in [-0.2, 0) is 6.42 Å². The largest absolute Gasteiger partial charge is 0.217 e. The van der Waals surface area contributed by atoms with Gasteiger partial charge in [-0.15, -0.1) is 5.10 Å². The van der Waals surface area contributed by atoms with Crippen LogP contribution < -0.4 is 0 Å². The van der Waals surface area contributed by atoms with E-state index in [1.54, 1.807) is 0 Å². The Bertz CT molecular complexity index is 773. The van der Waals surface area contributed by atoms with E-state index < -0.39 is 0 Å². The van der Waals surface area contributed by atoms with Crippen LogP contribution in [0.2, 0.25) is 0 Å². The van der Waals surface area contributed by atoms with Gasteiger partial charge in [-0.05, 0) is 37.5 Å². The van der Waals surface area contributed by atoms with Gasteiger partial charge in [0.2, 0.25) is 0 Å². The molecule has 0 radical (unpaired) electrons. The van der Waals surface area contributed by atoms with E-state index in [1.807, 2.05) is 22.9 Å². The SMILES string of the molecule is CCCc1nc(-c2ccccc2)nn1-c1cc(C)ccc1C. The van der Waals surface area contributed by atoms with Gasteiger partial charge in [0.1, 0.15) is 5.82 Å². The second kappa shape index (κ2) is 6.14. The monoisotopic (exact) mass is 291 g/mol. The molecule has 0 unspecified atom stereocenters. The van der Waals surface area contributed by atoms with Crippen LogP contribution in [0.25, 0.3) is 17.1 Å². The Balaban J connectivity index is 2.14. The number of aromatic nitrogens is 3. The van der Waals surface area contributed by atoms with Crippen LogP contribution in [0.5, 0.6) is 0 Å². The number of aryl methyl sites for hydroxylation is 3. The fraction of sp³-hybridized carbons (Fsp3) is 0.263. The van der Waals surface area contributed by atoms with E-state index in [4.69, 9.17) is 10.1 Å². The smallest absolute Gasteiger partial charge is 0.181 e. The molecular formula is C19H21N3. The minimum Gasteiger partial charge on any atom is -0.217 e. The van der Waals surface area contributed by atoms with Crippen molar-refractivity contribution in [2.45, 2.75) is 33.6 Å². The van der Waals surface area contributed by atoms with Gasteiger partial charge in [0.05, 0.1) is 5.69 Å². The van der Waals surface area contributed by atoms with Crippen LogP contribution in [0.3, 0.4) is 0 Å². The Morgan fingerprint density at radius 3 is 2.50 bits per heavy atom. The van der Waals surface area contributed by atoms with Gasteiger partial charge in [-0.1, -0.05) is 49.4 Å². The second-order valence-corrected chi connectivity index (χ2v) is 5.67. The molecule has 3 rings (SSSR count). The summed E-state index contributed by atoms with van der Waals surface area (Å²) < 4.78 is 2.01. The first-order valence-corrected chi connectivity index (χ1v) is 7.78. The van der Waals surface area contributed by atoms with Gasteiger partial charge in [-0.3, -0.25) is 0 Å². The Morgan fingerprint density at radius 2 is 1.77 bits per heavy atom. The average molecular weight is 291 g/mol. The maximum Gasteiger partial charge on any atom is 0.181 e. The molecular weight excluding hydrogens is 270 g/mol. The van der Waals surface area contributed by atoms with E-state index in [0.29, 0.717) is 0 Å². The number of rotatable bonds is 4. The van der Waals surface area contributed by atoms with E-state index in [-0.39, 0.29) is 0 Å². The zero-order chi connectivity index (χ0) is 15.5. The molecule has 0 aliphatic carbocycles. The van der Waals surface area contributed by atoms with Crippen molar-refractivity contribution < 1.29 is 0 Å². The zero-order valence-electron chi connectivity index (χ0n) is 13.4. The highest BCUT2D eigenvalue weighted by molar-refractivity contribution is 5.55. The van der Waals surface area contributed by atoms with E-state index in [2.05, 4.69) is 51.1 Å². The fourth-order valence-corrected chi connectivity index (χ4v) is 2.58. The van der Waals surface area contributed by atoms with Crippen molar-refractivity contribution in [2.24, 2.45) is 0 Å². The first-order chi connectivity index (χ1) is 10.7. The summed E-state index contributed by atoms with van der Waals surface area (Å²) in [4.78, 5) is 4.77. The summed E-state index contributed by atoms with van der Waals surface area (Å²) >= 11 is 0. The van der Waals surface area contributed by atoms with Crippen LogP contribution in [-0.4, -0.2) is 14.8 Å². The van der Waals surface area contributed by atoms with E-state index in [1.165, 1.54) is 11.1 Å². The van der Waals surface area contributed by atoms with Crippen molar-refractivity contribution in [3.05, 3.63) is 65.5 Å². The third-order valence-corrected chi connectivity index (χ3v) is 3.77. The van der Waals surface area contributed by atoms with Gasteiger partial charge >= 0.3 is 0 Å². The van der Waals surface area contributed by atoms with Gasteiger partial charge in [0, 0.05) is 12.0 Å².